The SMILES string of the molecule is COc1cc(CC(=O)OCC(N)=O)cc(OC)c1OC. The molecule has 1 rings (SSSR count). The minimum atomic E-state index is -0.705. The van der Waals surface area contributed by atoms with Crippen molar-refractivity contribution in [2.24, 2.45) is 5.73 Å². The van der Waals surface area contributed by atoms with Crippen molar-refractivity contribution in [3.63, 3.8) is 0 Å². The Morgan fingerprint density at radius 3 is 2.00 bits per heavy atom. The minimum Gasteiger partial charge on any atom is -0.493 e. The summed E-state index contributed by atoms with van der Waals surface area (Å²) in [4.78, 5) is 22.1. The van der Waals surface area contributed by atoms with Gasteiger partial charge < -0.3 is 24.7 Å². The molecule has 0 saturated heterocycles. The van der Waals surface area contributed by atoms with Crippen LogP contribution in [0.5, 0.6) is 17.2 Å². The Morgan fingerprint density at radius 2 is 1.60 bits per heavy atom. The molecule has 1 amide bonds. The number of hydrogen-bond donors (Lipinski definition) is 1. The molecule has 0 unspecified atom stereocenters. The number of primary amides is 1. The van der Waals surface area contributed by atoms with Crippen molar-refractivity contribution < 1.29 is 28.5 Å². The van der Waals surface area contributed by atoms with Crippen molar-refractivity contribution in [1.29, 1.82) is 0 Å². The van der Waals surface area contributed by atoms with Crippen LogP contribution in [0, 0.1) is 0 Å². The lowest BCUT2D eigenvalue weighted by atomic mass is 10.1. The molecule has 7 heteroatoms. The lowest BCUT2D eigenvalue weighted by Crippen LogP contribution is -2.21. The summed E-state index contributed by atoms with van der Waals surface area (Å²) >= 11 is 0. The van der Waals surface area contributed by atoms with Crippen molar-refractivity contribution in [2.75, 3.05) is 27.9 Å². The van der Waals surface area contributed by atoms with Gasteiger partial charge in [0, 0.05) is 0 Å². The van der Waals surface area contributed by atoms with Crippen LogP contribution in [0.25, 0.3) is 0 Å². The largest absolute Gasteiger partial charge is 0.493 e. The van der Waals surface area contributed by atoms with E-state index in [1.165, 1.54) is 21.3 Å². The van der Waals surface area contributed by atoms with Crippen molar-refractivity contribution in [3.8, 4) is 17.2 Å². The molecule has 0 aromatic heterocycles. The number of hydrogen-bond acceptors (Lipinski definition) is 6. The van der Waals surface area contributed by atoms with Gasteiger partial charge in [-0.1, -0.05) is 0 Å². The van der Waals surface area contributed by atoms with Gasteiger partial charge in [-0.15, -0.1) is 0 Å². The molecule has 7 nitrogen and oxygen atoms in total. The third kappa shape index (κ3) is 4.04. The van der Waals surface area contributed by atoms with Gasteiger partial charge in [-0.25, -0.2) is 0 Å². The lowest BCUT2D eigenvalue weighted by molar-refractivity contribution is -0.147. The third-order valence-corrected chi connectivity index (χ3v) is 2.45. The van der Waals surface area contributed by atoms with E-state index in [2.05, 4.69) is 4.74 Å². The van der Waals surface area contributed by atoms with E-state index in [0.717, 1.165) is 0 Å². The Balaban J connectivity index is 2.90. The monoisotopic (exact) mass is 283 g/mol. The van der Waals surface area contributed by atoms with Crippen molar-refractivity contribution in [3.05, 3.63) is 17.7 Å². The van der Waals surface area contributed by atoms with Gasteiger partial charge in [0.25, 0.3) is 5.91 Å². The predicted octanol–water partition coefficient (Wildman–Crippen LogP) is 0.283. The number of benzene rings is 1. The summed E-state index contributed by atoms with van der Waals surface area (Å²) in [6, 6.07) is 3.26. The predicted molar refractivity (Wildman–Crippen MR) is 70.0 cm³/mol. The summed E-state index contributed by atoms with van der Waals surface area (Å²) in [5, 5.41) is 0. The maximum atomic E-state index is 11.5. The molecule has 0 aliphatic rings. The van der Waals surface area contributed by atoms with Crippen LogP contribution in [0.2, 0.25) is 0 Å². The molecule has 20 heavy (non-hydrogen) atoms. The van der Waals surface area contributed by atoms with Gasteiger partial charge in [0.05, 0.1) is 27.8 Å². The molecule has 0 radical (unpaired) electrons. The number of carbonyl (C=O) groups excluding carboxylic acids is 2. The second kappa shape index (κ2) is 7.22. The zero-order chi connectivity index (χ0) is 15.1. The summed E-state index contributed by atoms with van der Waals surface area (Å²) in [5.41, 5.74) is 5.50. The van der Waals surface area contributed by atoms with Crippen LogP contribution in [0.3, 0.4) is 0 Å². The van der Waals surface area contributed by atoms with Crippen LogP contribution in [-0.2, 0) is 20.7 Å². The zero-order valence-corrected chi connectivity index (χ0v) is 11.6. The van der Waals surface area contributed by atoms with E-state index in [4.69, 9.17) is 19.9 Å². The van der Waals surface area contributed by atoms with Gasteiger partial charge in [-0.2, -0.15) is 0 Å². The molecule has 110 valence electrons. The van der Waals surface area contributed by atoms with Gasteiger partial charge in [-0.3, -0.25) is 9.59 Å². The van der Waals surface area contributed by atoms with Gasteiger partial charge >= 0.3 is 5.97 Å². The Morgan fingerprint density at radius 1 is 1.05 bits per heavy atom. The Bertz CT molecular complexity index is 475. The van der Waals surface area contributed by atoms with Crippen LogP contribution >= 0.6 is 0 Å². The molecule has 0 aliphatic heterocycles. The molecule has 0 aliphatic carbocycles. The number of esters is 1. The Kier molecular flexibility index (Phi) is 5.64. The quantitative estimate of drug-likeness (QED) is 0.722. The smallest absolute Gasteiger partial charge is 0.310 e. The van der Waals surface area contributed by atoms with Crippen LogP contribution in [0.1, 0.15) is 5.56 Å². The molecule has 0 bridgehead atoms. The van der Waals surface area contributed by atoms with Gasteiger partial charge in [0.1, 0.15) is 0 Å². The van der Waals surface area contributed by atoms with E-state index in [9.17, 15) is 9.59 Å². The number of rotatable bonds is 7. The number of nitrogens with two attached hydrogens (primary N) is 1. The number of ether oxygens (including phenoxy) is 4. The van der Waals surface area contributed by atoms with Crippen molar-refractivity contribution >= 4 is 11.9 Å². The fraction of sp³-hybridized carbons (Fsp3) is 0.385. The lowest BCUT2D eigenvalue weighted by Gasteiger charge is -2.13. The maximum Gasteiger partial charge on any atom is 0.310 e. The summed E-state index contributed by atoms with van der Waals surface area (Å²) in [6.07, 6.45) is -0.0377. The second-order valence-corrected chi connectivity index (χ2v) is 3.84. The van der Waals surface area contributed by atoms with E-state index >= 15 is 0 Å². The second-order valence-electron chi connectivity index (χ2n) is 3.84. The highest BCUT2D eigenvalue weighted by Crippen LogP contribution is 2.38. The van der Waals surface area contributed by atoms with Crippen molar-refractivity contribution in [1.82, 2.24) is 0 Å². The first-order valence-corrected chi connectivity index (χ1v) is 5.74. The first-order chi connectivity index (χ1) is 9.51. The van der Waals surface area contributed by atoms with Crippen LogP contribution < -0.4 is 19.9 Å². The van der Waals surface area contributed by atoms with Crippen LogP contribution in [0.4, 0.5) is 0 Å². The molecule has 0 saturated carbocycles. The van der Waals surface area contributed by atoms with Gasteiger partial charge in [-0.05, 0) is 17.7 Å². The number of amides is 1. The van der Waals surface area contributed by atoms with Crippen LogP contribution in [-0.4, -0.2) is 39.8 Å². The third-order valence-electron chi connectivity index (χ3n) is 2.45. The first kappa shape index (κ1) is 15.6. The number of methoxy groups -OCH3 is 3. The molecular weight excluding hydrogens is 266 g/mol. The van der Waals surface area contributed by atoms with Gasteiger partial charge in [0.15, 0.2) is 18.1 Å². The molecular formula is C13H17NO6. The van der Waals surface area contributed by atoms with E-state index < -0.39 is 18.5 Å². The average molecular weight is 283 g/mol. The topological polar surface area (TPSA) is 97.1 Å². The molecule has 1 aromatic rings. The molecule has 0 heterocycles. The van der Waals surface area contributed by atoms with E-state index in [0.29, 0.717) is 22.8 Å². The Hall–Kier alpha value is -2.44. The van der Waals surface area contributed by atoms with Gasteiger partial charge in [0.2, 0.25) is 5.75 Å². The number of carbonyl (C=O) groups is 2. The molecule has 0 fully saturated rings. The standard InChI is InChI=1S/C13H17NO6/c1-17-9-4-8(5-10(18-2)13(9)19-3)6-12(16)20-7-11(14)15/h4-5H,6-7H2,1-3H3,(H2,14,15). The molecule has 0 atom stereocenters. The van der Waals surface area contributed by atoms with Crippen molar-refractivity contribution in [2.45, 2.75) is 6.42 Å². The molecule has 0 spiro atoms. The average Bonchev–Trinajstić information content (AvgIpc) is 2.43. The normalized spacial score (nSPS) is 9.75. The highest BCUT2D eigenvalue weighted by molar-refractivity contribution is 5.80. The van der Waals surface area contributed by atoms with E-state index in [-0.39, 0.29) is 6.42 Å². The van der Waals surface area contributed by atoms with E-state index in [1.807, 2.05) is 0 Å². The van der Waals surface area contributed by atoms with Crippen LogP contribution in [0.15, 0.2) is 12.1 Å². The fourth-order valence-corrected chi connectivity index (χ4v) is 1.61. The maximum absolute atomic E-state index is 11.5. The Labute approximate surface area is 116 Å². The first-order valence-electron chi connectivity index (χ1n) is 5.74. The minimum absolute atomic E-state index is 0.0377. The molecule has 2 N–H and O–H groups in total. The highest BCUT2D eigenvalue weighted by atomic mass is 16.5. The summed E-state index contributed by atoms with van der Waals surface area (Å²) in [5.74, 6) is 0.0275. The molecule has 1 aromatic carbocycles. The summed E-state index contributed by atoms with van der Waals surface area (Å²) in [6.45, 7) is -0.441. The summed E-state index contributed by atoms with van der Waals surface area (Å²) in [7, 11) is 4.44. The summed E-state index contributed by atoms with van der Waals surface area (Å²) < 4.78 is 20.2. The van der Waals surface area contributed by atoms with E-state index in [1.54, 1.807) is 12.1 Å². The zero-order valence-electron chi connectivity index (χ0n) is 11.6. The highest BCUT2D eigenvalue weighted by Gasteiger charge is 2.15. The fourth-order valence-electron chi connectivity index (χ4n) is 1.61.